The van der Waals surface area contributed by atoms with Crippen LogP contribution in [0.25, 0.3) is 0 Å². The first-order valence-electron chi connectivity index (χ1n) is 8.79. The number of anilines is 1. The Morgan fingerprint density at radius 3 is 2.32 bits per heavy atom. The number of aromatic nitrogens is 1. The molecule has 0 spiro atoms. The van der Waals surface area contributed by atoms with Crippen LogP contribution >= 0.6 is 12.2 Å². The van der Waals surface area contributed by atoms with Crippen LogP contribution in [0.5, 0.6) is 0 Å². The molecule has 4 nitrogen and oxygen atoms in total. The maximum absolute atomic E-state index is 5.58. The van der Waals surface area contributed by atoms with Crippen molar-refractivity contribution in [3.05, 3.63) is 58.8 Å². The van der Waals surface area contributed by atoms with Crippen molar-refractivity contribution in [1.29, 1.82) is 0 Å². The van der Waals surface area contributed by atoms with E-state index in [4.69, 9.17) is 12.2 Å². The van der Waals surface area contributed by atoms with Crippen molar-refractivity contribution < 1.29 is 0 Å². The van der Waals surface area contributed by atoms with Gasteiger partial charge < -0.3 is 10.2 Å². The lowest BCUT2D eigenvalue weighted by Gasteiger charge is -2.36. The van der Waals surface area contributed by atoms with E-state index in [1.54, 1.807) is 0 Å². The summed E-state index contributed by atoms with van der Waals surface area (Å²) in [6.45, 7) is 11.2. The topological polar surface area (TPSA) is 31.4 Å². The molecule has 3 rings (SSSR count). The Kier molecular flexibility index (Phi) is 5.66. The van der Waals surface area contributed by atoms with E-state index in [2.05, 4.69) is 64.3 Å². The fraction of sp³-hybridized carbons (Fsp3) is 0.400. The highest BCUT2D eigenvalue weighted by molar-refractivity contribution is 7.80. The van der Waals surface area contributed by atoms with Gasteiger partial charge in [0, 0.05) is 38.4 Å². The molecule has 1 N–H and O–H groups in total. The summed E-state index contributed by atoms with van der Waals surface area (Å²) in [5.74, 6) is 0.838. The molecular formula is C20H26N4S. The van der Waals surface area contributed by atoms with Gasteiger partial charge >= 0.3 is 0 Å². The van der Waals surface area contributed by atoms with Gasteiger partial charge in [0.2, 0.25) is 0 Å². The molecule has 1 aromatic heterocycles. The molecule has 0 bridgehead atoms. The van der Waals surface area contributed by atoms with Crippen LogP contribution in [0.4, 0.5) is 5.82 Å². The number of hydrogen-bond donors (Lipinski definition) is 1. The van der Waals surface area contributed by atoms with Crippen LogP contribution in [-0.4, -0.2) is 46.1 Å². The molecular weight excluding hydrogens is 328 g/mol. The average Bonchev–Trinajstić information content (AvgIpc) is 2.56. The van der Waals surface area contributed by atoms with Crippen molar-refractivity contribution in [3.8, 4) is 0 Å². The maximum atomic E-state index is 5.58. The Hall–Kier alpha value is -1.98. The second kappa shape index (κ2) is 7.93. The molecule has 0 aliphatic carbocycles. The predicted molar refractivity (Wildman–Crippen MR) is 108 cm³/mol. The third-order valence-corrected chi connectivity index (χ3v) is 4.88. The van der Waals surface area contributed by atoms with Crippen LogP contribution in [0.2, 0.25) is 0 Å². The highest BCUT2D eigenvalue weighted by Gasteiger charge is 2.19. The molecule has 1 aromatic carbocycles. The Bertz CT molecular complexity index is 714. The molecule has 1 fully saturated rings. The first-order valence-corrected chi connectivity index (χ1v) is 9.19. The third kappa shape index (κ3) is 5.00. The number of thiocarbonyl (C=S) groups is 1. The number of pyridine rings is 1. The zero-order valence-corrected chi connectivity index (χ0v) is 16.1. The SMILES string of the molecule is Cc1ccc(CN2CCN(C(=S)Nc3cc(C)cc(C)n3)CC2)cc1. The second-order valence-electron chi connectivity index (χ2n) is 6.85. The third-order valence-electron chi connectivity index (χ3n) is 4.52. The molecule has 0 saturated carbocycles. The monoisotopic (exact) mass is 354 g/mol. The summed E-state index contributed by atoms with van der Waals surface area (Å²) in [4.78, 5) is 9.23. The largest absolute Gasteiger partial charge is 0.346 e. The highest BCUT2D eigenvalue weighted by atomic mass is 32.1. The van der Waals surface area contributed by atoms with Crippen LogP contribution in [0.3, 0.4) is 0 Å². The number of piperazine rings is 1. The van der Waals surface area contributed by atoms with Gasteiger partial charge in [0.25, 0.3) is 0 Å². The molecule has 0 radical (unpaired) electrons. The van der Waals surface area contributed by atoms with Gasteiger partial charge in [-0.15, -0.1) is 0 Å². The van der Waals surface area contributed by atoms with Gasteiger partial charge in [-0.25, -0.2) is 4.98 Å². The average molecular weight is 355 g/mol. The minimum absolute atomic E-state index is 0.771. The lowest BCUT2D eigenvalue weighted by Crippen LogP contribution is -2.49. The van der Waals surface area contributed by atoms with E-state index in [0.29, 0.717) is 0 Å². The summed E-state index contributed by atoms with van der Waals surface area (Å²) >= 11 is 5.58. The molecule has 0 unspecified atom stereocenters. The first-order chi connectivity index (χ1) is 12.0. The molecule has 1 saturated heterocycles. The second-order valence-corrected chi connectivity index (χ2v) is 7.24. The number of benzene rings is 1. The minimum atomic E-state index is 0.771. The molecule has 2 aromatic rings. The lowest BCUT2D eigenvalue weighted by atomic mass is 10.1. The zero-order valence-electron chi connectivity index (χ0n) is 15.2. The Morgan fingerprint density at radius 2 is 1.68 bits per heavy atom. The molecule has 0 amide bonds. The van der Waals surface area contributed by atoms with E-state index in [-0.39, 0.29) is 0 Å². The Morgan fingerprint density at radius 1 is 1.00 bits per heavy atom. The molecule has 1 aliphatic rings. The van der Waals surface area contributed by atoms with Gasteiger partial charge in [-0.2, -0.15) is 0 Å². The number of nitrogens with one attached hydrogen (secondary N) is 1. The van der Waals surface area contributed by atoms with Crippen LogP contribution in [0.1, 0.15) is 22.4 Å². The van der Waals surface area contributed by atoms with Gasteiger partial charge in [-0.1, -0.05) is 29.8 Å². The number of rotatable bonds is 3. The van der Waals surface area contributed by atoms with Crippen LogP contribution < -0.4 is 5.32 Å². The van der Waals surface area contributed by atoms with Crippen LogP contribution in [0.15, 0.2) is 36.4 Å². The van der Waals surface area contributed by atoms with Crippen molar-refractivity contribution in [2.75, 3.05) is 31.5 Å². The molecule has 25 heavy (non-hydrogen) atoms. The summed E-state index contributed by atoms with van der Waals surface area (Å²) in [7, 11) is 0. The van der Waals surface area contributed by atoms with Crippen LogP contribution in [0, 0.1) is 20.8 Å². The van der Waals surface area contributed by atoms with Crippen molar-refractivity contribution in [2.45, 2.75) is 27.3 Å². The molecule has 5 heteroatoms. The van der Waals surface area contributed by atoms with Crippen molar-refractivity contribution in [1.82, 2.24) is 14.8 Å². The van der Waals surface area contributed by atoms with Crippen molar-refractivity contribution in [3.63, 3.8) is 0 Å². The fourth-order valence-corrected chi connectivity index (χ4v) is 3.44. The number of nitrogens with zero attached hydrogens (tertiary/aromatic N) is 3. The van der Waals surface area contributed by atoms with Gasteiger partial charge in [0.05, 0.1) is 0 Å². The van der Waals surface area contributed by atoms with E-state index in [1.165, 1.54) is 16.7 Å². The van der Waals surface area contributed by atoms with Gasteiger partial charge in [-0.05, 0) is 56.2 Å². The van der Waals surface area contributed by atoms with Gasteiger partial charge in [0.15, 0.2) is 5.11 Å². The fourth-order valence-electron chi connectivity index (χ4n) is 3.15. The molecule has 2 heterocycles. The summed E-state index contributed by atoms with van der Waals surface area (Å²) in [5.41, 5.74) is 4.89. The summed E-state index contributed by atoms with van der Waals surface area (Å²) in [5, 5.41) is 4.06. The molecule has 0 atom stereocenters. The van der Waals surface area contributed by atoms with Crippen molar-refractivity contribution >= 4 is 23.1 Å². The number of hydrogen-bond acceptors (Lipinski definition) is 3. The smallest absolute Gasteiger partial charge is 0.174 e. The quantitative estimate of drug-likeness (QED) is 0.853. The first kappa shape index (κ1) is 17.8. The van der Waals surface area contributed by atoms with Gasteiger partial charge in [-0.3, -0.25) is 4.90 Å². The lowest BCUT2D eigenvalue weighted by molar-refractivity contribution is 0.177. The predicted octanol–water partition coefficient (Wildman–Crippen LogP) is 3.52. The summed E-state index contributed by atoms with van der Waals surface area (Å²) in [6.07, 6.45) is 0. The Labute approximate surface area is 155 Å². The summed E-state index contributed by atoms with van der Waals surface area (Å²) in [6, 6.07) is 12.9. The molecule has 1 aliphatic heterocycles. The van der Waals surface area contributed by atoms with Crippen LogP contribution in [-0.2, 0) is 6.54 Å². The standard InChI is InChI=1S/C20H26N4S/c1-15-4-6-18(7-5-15)14-23-8-10-24(11-9-23)20(25)22-19-13-16(2)12-17(3)21-19/h4-7,12-13H,8-11,14H2,1-3H3,(H,21,22,25). The van der Waals surface area contributed by atoms with E-state index in [9.17, 15) is 0 Å². The van der Waals surface area contributed by atoms with E-state index in [1.807, 2.05) is 13.0 Å². The maximum Gasteiger partial charge on any atom is 0.174 e. The van der Waals surface area contributed by atoms with E-state index < -0.39 is 0 Å². The normalized spacial score (nSPS) is 15.2. The van der Waals surface area contributed by atoms with E-state index in [0.717, 1.165) is 49.3 Å². The van der Waals surface area contributed by atoms with Crippen molar-refractivity contribution in [2.24, 2.45) is 0 Å². The van der Waals surface area contributed by atoms with Gasteiger partial charge in [0.1, 0.15) is 5.82 Å². The minimum Gasteiger partial charge on any atom is -0.346 e. The molecule has 132 valence electrons. The van der Waals surface area contributed by atoms with E-state index >= 15 is 0 Å². The summed E-state index contributed by atoms with van der Waals surface area (Å²) < 4.78 is 0. The zero-order chi connectivity index (χ0) is 17.8. The Balaban J connectivity index is 1.51. The highest BCUT2D eigenvalue weighted by Crippen LogP contribution is 2.13. The number of aryl methyl sites for hydroxylation is 3.